The summed E-state index contributed by atoms with van der Waals surface area (Å²) in [6, 6.07) is 0. The number of hydrogen-bond acceptors (Lipinski definition) is 10. The summed E-state index contributed by atoms with van der Waals surface area (Å²) < 4.78 is 0. The Morgan fingerprint density at radius 1 is 0.700 bits per heavy atom. The van der Waals surface area contributed by atoms with Crippen LogP contribution in [0.25, 0.3) is 27.4 Å². The SMILES string of the molecule is C=C[C@@H](O)C#CC#CC[C@@H](O)[C@H](O)CCCCCCC.C=C[C@@H](O)c1n[nH]nc1-c1n[nH]nc1C[C@@H](O)[C@H](O)CCCCCCC.[N-]=[N+]=[N-].[Na+]. The zero-order chi connectivity index (χ0) is 36.9. The monoisotopic (exact) mass is 707 g/mol. The molecule has 16 heteroatoms. The van der Waals surface area contributed by atoms with Crippen molar-refractivity contribution in [1.82, 2.24) is 30.8 Å². The van der Waals surface area contributed by atoms with Gasteiger partial charge in [0, 0.05) is 12.8 Å². The van der Waals surface area contributed by atoms with Crippen LogP contribution in [-0.4, -0.2) is 92.0 Å². The number of unbranched alkanes of at least 4 members (excludes halogenated alkanes) is 8. The van der Waals surface area contributed by atoms with Crippen molar-refractivity contribution in [2.24, 2.45) is 0 Å². The average molecular weight is 708 g/mol. The first kappa shape index (κ1) is 49.1. The number of nitrogens with zero attached hydrogens (tertiary/aromatic N) is 7. The van der Waals surface area contributed by atoms with Gasteiger partial charge in [0.2, 0.25) is 0 Å². The summed E-state index contributed by atoms with van der Waals surface area (Å²) in [5.41, 5.74) is 14.9. The van der Waals surface area contributed by atoms with Gasteiger partial charge in [0.05, 0.1) is 30.1 Å². The maximum absolute atomic E-state index is 10.3. The fraction of sp³-hybridized carbons (Fsp3) is 0.647. The minimum atomic E-state index is -0.994. The van der Waals surface area contributed by atoms with Crippen LogP contribution in [0, 0.1) is 23.7 Å². The van der Waals surface area contributed by atoms with Gasteiger partial charge in [-0.1, -0.05) is 109 Å². The van der Waals surface area contributed by atoms with Crippen molar-refractivity contribution in [1.29, 1.82) is 0 Å². The van der Waals surface area contributed by atoms with Crippen LogP contribution in [0.2, 0.25) is 0 Å². The molecule has 0 aliphatic heterocycles. The van der Waals surface area contributed by atoms with Gasteiger partial charge in [0.15, 0.2) is 0 Å². The van der Waals surface area contributed by atoms with E-state index >= 15 is 0 Å². The number of aromatic amines is 2. The molecule has 272 valence electrons. The third kappa shape index (κ3) is 21.9. The van der Waals surface area contributed by atoms with Gasteiger partial charge in [-0.2, -0.15) is 30.8 Å². The topological polar surface area (TPSA) is 263 Å². The third-order valence-corrected chi connectivity index (χ3v) is 7.33. The molecule has 2 aromatic rings. The second-order valence-corrected chi connectivity index (χ2v) is 11.3. The zero-order valence-electron chi connectivity index (χ0n) is 29.7. The standard InChI is InChI=1S/C17H28N6O3.C17H26O3.N3.Na/c1-3-5-6-7-8-9-13(25)14(26)10-11-15(19-22-18-11)17-16(12(24)4-2)20-23-21-17;1-3-5-6-7-10-13-16(19)17(20)14-11-8-9-12-15(18)4-2;1-3-2;/h4,12-14,24-26H,2-3,5-10H2,1H3,(H,18,19,22)(H,20,21,23);4,15-20H,2-3,5-7,10,13-14H2,1H3;;/q;;-1;+1/t12-,13-,14-;15-,16-,17-;;/m11../s1. The Kier molecular flexibility index (Phi) is 31.3. The Balaban J connectivity index is 0. The summed E-state index contributed by atoms with van der Waals surface area (Å²) >= 11 is 0. The van der Waals surface area contributed by atoms with E-state index in [9.17, 15) is 25.5 Å². The van der Waals surface area contributed by atoms with Crippen LogP contribution in [0.3, 0.4) is 0 Å². The normalized spacial score (nSPS) is 13.6. The minimum Gasteiger partial charge on any atom is -0.390 e. The van der Waals surface area contributed by atoms with Crippen LogP contribution < -0.4 is 29.6 Å². The van der Waals surface area contributed by atoms with Crippen LogP contribution >= 0.6 is 0 Å². The summed E-state index contributed by atoms with van der Waals surface area (Å²) in [5.74, 6) is 10.1. The van der Waals surface area contributed by atoms with Crippen LogP contribution in [-0.2, 0) is 6.42 Å². The molecule has 6 atom stereocenters. The number of H-pyrrole nitrogens is 2. The molecule has 2 aromatic heterocycles. The Labute approximate surface area is 317 Å². The van der Waals surface area contributed by atoms with E-state index in [1.165, 1.54) is 49.2 Å². The van der Waals surface area contributed by atoms with Gasteiger partial charge < -0.3 is 41.7 Å². The Hall–Kier alpha value is -3.05. The number of rotatable bonds is 21. The van der Waals surface area contributed by atoms with Crippen LogP contribution in [0.1, 0.15) is 115 Å². The Morgan fingerprint density at radius 3 is 1.76 bits per heavy atom. The average Bonchev–Trinajstić information content (AvgIpc) is 3.77. The van der Waals surface area contributed by atoms with Gasteiger partial charge in [-0.05, 0) is 24.7 Å². The first-order valence-corrected chi connectivity index (χ1v) is 16.7. The first-order valence-electron chi connectivity index (χ1n) is 16.7. The molecule has 0 bridgehead atoms. The van der Waals surface area contributed by atoms with Crippen molar-refractivity contribution < 1.29 is 60.2 Å². The van der Waals surface area contributed by atoms with Crippen molar-refractivity contribution in [3.63, 3.8) is 0 Å². The predicted octanol–water partition coefficient (Wildman–Crippen LogP) is 1.32. The predicted molar refractivity (Wildman–Crippen MR) is 188 cm³/mol. The van der Waals surface area contributed by atoms with Crippen LogP contribution in [0.15, 0.2) is 25.3 Å². The zero-order valence-corrected chi connectivity index (χ0v) is 31.7. The Morgan fingerprint density at radius 2 is 1.22 bits per heavy atom. The van der Waals surface area contributed by atoms with Gasteiger partial charge in [-0.3, -0.25) is 4.91 Å². The molecule has 0 aliphatic carbocycles. The summed E-state index contributed by atoms with van der Waals surface area (Å²) in [4.78, 5) is 1.50. The molecule has 0 radical (unpaired) electrons. The minimum absolute atomic E-state index is 0. The van der Waals surface area contributed by atoms with E-state index in [4.69, 9.17) is 16.2 Å². The second-order valence-electron chi connectivity index (χ2n) is 11.3. The quantitative estimate of drug-likeness (QED) is 0.0175. The molecule has 15 nitrogen and oxygen atoms in total. The molecule has 2 heterocycles. The van der Waals surface area contributed by atoms with E-state index in [2.05, 4.69) is 81.5 Å². The molecule has 0 aliphatic rings. The van der Waals surface area contributed by atoms with E-state index in [-0.39, 0.29) is 48.1 Å². The summed E-state index contributed by atoms with van der Waals surface area (Å²) in [6.45, 7) is 11.2. The van der Waals surface area contributed by atoms with Crippen LogP contribution in [0.4, 0.5) is 0 Å². The molecule has 8 N–H and O–H groups in total. The van der Waals surface area contributed by atoms with Gasteiger partial charge in [-0.15, -0.1) is 6.58 Å². The number of nitrogens with one attached hydrogen (secondary N) is 2. The van der Waals surface area contributed by atoms with Gasteiger partial charge >= 0.3 is 29.6 Å². The number of aliphatic hydroxyl groups is 6. The van der Waals surface area contributed by atoms with Gasteiger partial charge in [0.25, 0.3) is 0 Å². The van der Waals surface area contributed by atoms with E-state index in [0.717, 1.165) is 32.1 Å². The van der Waals surface area contributed by atoms with Crippen LogP contribution in [0.5, 0.6) is 0 Å². The van der Waals surface area contributed by atoms with Crippen molar-refractivity contribution >= 4 is 0 Å². The maximum atomic E-state index is 10.3. The third-order valence-electron chi connectivity index (χ3n) is 7.33. The molecule has 0 aromatic carbocycles. The van der Waals surface area contributed by atoms with E-state index in [1.54, 1.807) is 0 Å². The molecule has 0 unspecified atom stereocenters. The fourth-order valence-corrected chi connectivity index (χ4v) is 4.45. The molecule has 0 amide bonds. The van der Waals surface area contributed by atoms with Gasteiger partial charge in [-0.25, -0.2) is 0 Å². The molecule has 0 saturated heterocycles. The molecule has 0 fully saturated rings. The number of aromatic nitrogens is 6. The van der Waals surface area contributed by atoms with Crippen molar-refractivity contribution in [2.75, 3.05) is 0 Å². The van der Waals surface area contributed by atoms with E-state index in [0.29, 0.717) is 29.9 Å². The fourth-order valence-electron chi connectivity index (χ4n) is 4.45. The van der Waals surface area contributed by atoms with Crippen molar-refractivity contribution in [3.05, 3.63) is 52.7 Å². The summed E-state index contributed by atoms with van der Waals surface area (Å²) in [7, 11) is 0. The molecular weight excluding hydrogens is 653 g/mol. The van der Waals surface area contributed by atoms with E-state index < -0.39 is 36.6 Å². The molecule has 0 spiro atoms. The Bertz CT molecular complexity index is 1330. The smallest absolute Gasteiger partial charge is 0.390 e. The molecule has 2 rings (SSSR count). The largest absolute Gasteiger partial charge is 1.00 e. The first-order chi connectivity index (χ1) is 23.6. The summed E-state index contributed by atoms with van der Waals surface area (Å²) in [5, 5.41) is 79.9. The molecule has 0 saturated carbocycles. The molecular formula is C34H54N9NaO6. The second kappa shape index (κ2) is 31.9. The number of aliphatic hydroxyl groups excluding tert-OH is 6. The maximum Gasteiger partial charge on any atom is 1.00 e. The summed E-state index contributed by atoms with van der Waals surface area (Å²) in [6.07, 6.45) is 9.96. The molecule has 50 heavy (non-hydrogen) atoms. The van der Waals surface area contributed by atoms with Crippen molar-refractivity contribution in [3.8, 4) is 35.1 Å². The van der Waals surface area contributed by atoms with E-state index in [1.807, 2.05) is 0 Å². The number of hydrogen-bond donors (Lipinski definition) is 8. The van der Waals surface area contributed by atoms with Gasteiger partial charge in [0.1, 0.15) is 29.3 Å². The van der Waals surface area contributed by atoms with Crippen molar-refractivity contribution in [2.45, 2.75) is 140 Å².